The number of hydrogen-bond donors (Lipinski definition) is 2. The number of nitrogens with one attached hydrogen (secondary N) is 1. The molecule has 1 aliphatic rings. The van der Waals surface area contributed by atoms with Crippen molar-refractivity contribution in [1.29, 1.82) is 0 Å². The summed E-state index contributed by atoms with van der Waals surface area (Å²) >= 11 is -2.60. The van der Waals surface area contributed by atoms with E-state index in [0.717, 1.165) is 16.6 Å². The van der Waals surface area contributed by atoms with Gasteiger partial charge in [-0.3, -0.25) is 0 Å². The normalized spacial score (nSPS) is 15.4. The summed E-state index contributed by atoms with van der Waals surface area (Å²) < 4.78 is 2.50. The molecular formula is C14H14AsNOS. The van der Waals surface area contributed by atoms with Crippen LogP contribution in [-0.4, -0.2) is 23.6 Å². The van der Waals surface area contributed by atoms with E-state index in [4.69, 9.17) is 10.4 Å². The van der Waals surface area contributed by atoms with E-state index >= 15 is 0 Å². The van der Waals surface area contributed by atoms with E-state index in [0.29, 0.717) is 0 Å². The fraction of sp³-hybridized carbons (Fsp3) is 0.143. The second-order valence-electron chi connectivity index (χ2n) is 4.35. The zero-order chi connectivity index (χ0) is 12.6. The molecule has 0 atom stereocenters. The Morgan fingerprint density at radius 2 is 1.44 bits per heavy atom. The van der Waals surface area contributed by atoms with Gasteiger partial charge in [0.25, 0.3) is 0 Å². The maximum absolute atomic E-state index is 9.39. The molecule has 0 radical (unpaired) electrons. The molecule has 1 heterocycles. The summed E-state index contributed by atoms with van der Waals surface area (Å²) in [6.07, 6.45) is 0. The average Bonchev–Trinajstić information content (AvgIpc) is 2.40. The molecule has 92 valence electrons. The second-order valence-corrected chi connectivity index (χ2v) is 13.6. The number of aliphatic hydroxyl groups is 1. The van der Waals surface area contributed by atoms with Crippen LogP contribution in [0.4, 0.5) is 11.4 Å². The Kier molecular flexibility index (Phi) is 3.06. The summed E-state index contributed by atoms with van der Waals surface area (Å²) in [7, 11) is 6.03. The Hall–Kier alpha value is -1.02. The van der Waals surface area contributed by atoms with Gasteiger partial charge in [0, 0.05) is 0 Å². The van der Waals surface area contributed by atoms with Crippen molar-refractivity contribution in [2.45, 2.75) is 5.21 Å². The number of fused-ring (bicyclic) bond motifs is 2. The third-order valence-corrected chi connectivity index (χ3v) is 12.9. The monoisotopic (exact) mass is 319 g/mol. The Labute approximate surface area is 113 Å². The van der Waals surface area contributed by atoms with Gasteiger partial charge in [-0.15, -0.1) is 0 Å². The quantitative estimate of drug-likeness (QED) is 0.831. The number of hydrogen-bond acceptors (Lipinski definition) is 3. The van der Waals surface area contributed by atoms with Gasteiger partial charge >= 0.3 is 113 Å². The minimum atomic E-state index is -2.60. The Bertz CT molecular complexity index is 592. The van der Waals surface area contributed by atoms with Gasteiger partial charge in [0.15, 0.2) is 0 Å². The van der Waals surface area contributed by atoms with Crippen LogP contribution in [0.2, 0.25) is 5.21 Å². The van der Waals surface area contributed by atoms with E-state index in [1.54, 1.807) is 0 Å². The summed E-state index contributed by atoms with van der Waals surface area (Å²) in [5, 5.41) is 13.6. The molecule has 2 nitrogen and oxygen atoms in total. The first-order valence-corrected chi connectivity index (χ1v) is 11.8. The first kappa shape index (κ1) is 12.0. The first-order chi connectivity index (χ1) is 8.75. The van der Waals surface area contributed by atoms with Crippen LogP contribution < -0.4 is 14.0 Å². The summed E-state index contributed by atoms with van der Waals surface area (Å²) in [6.45, 7) is 0.166. The SMILES string of the molecule is OCC[As]1(=S)c2ccccc2Nc2ccccc21. The Morgan fingerprint density at radius 1 is 0.944 bits per heavy atom. The number of para-hydroxylation sites is 2. The molecule has 0 unspecified atom stereocenters. The Morgan fingerprint density at radius 3 is 1.94 bits per heavy atom. The molecular weight excluding hydrogens is 305 g/mol. The molecule has 2 aromatic rings. The van der Waals surface area contributed by atoms with Gasteiger partial charge in [-0.1, -0.05) is 0 Å². The zero-order valence-electron chi connectivity index (χ0n) is 9.84. The van der Waals surface area contributed by atoms with Crippen LogP contribution in [-0.2, 0) is 0 Å². The fourth-order valence-corrected chi connectivity index (χ4v) is 10.2. The van der Waals surface area contributed by atoms with Crippen molar-refractivity contribution in [1.82, 2.24) is 0 Å². The standard InChI is InChI=1S/C14H14AsNOS/c17-10-9-15(18)11-5-1-3-7-13(11)16-14-8-4-2-6-12(14)15/h1-8,16-17H,9-10H2. The van der Waals surface area contributed by atoms with Gasteiger partial charge < -0.3 is 0 Å². The summed E-state index contributed by atoms with van der Waals surface area (Å²) in [4.78, 5) is 0. The molecule has 0 bridgehead atoms. The van der Waals surface area contributed by atoms with Crippen LogP contribution in [0.15, 0.2) is 48.5 Å². The summed E-state index contributed by atoms with van der Waals surface area (Å²) in [6, 6.07) is 16.5. The summed E-state index contributed by atoms with van der Waals surface area (Å²) in [5.74, 6) is 0. The average molecular weight is 319 g/mol. The van der Waals surface area contributed by atoms with Gasteiger partial charge in [-0.05, 0) is 0 Å². The van der Waals surface area contributed by atoms with Gasteiger partial charge in [-0.2, -0.15) is 0 Å². The molecule has 4 heteroatoms. The third kappa shape index (κ3) is 1.74. The molecule has 0 spiro atoms. The predicted molar refractivity (Wildman–Crippen MR) is 80.7 cm³/mol. The molecule has 0 aromatic heterocycles. The molecule has 0 amide bonds. The number of aliphatic hydroxyl groups excluding tert-OH is 1. The van der Waals surface area contributed by atoms with Crippen molar-refractivity contribution < 1.29 is 5.11 Å². The second kappa shape index (κ2) is 4.58. The first-order valence-electron chi connectivity index (χ1n) is 5.92. The van der Waals surface area contributed by atoms with E-state index in [-0.39, 0.29) is 6.61 Å². The van der Waals surface area contributed by atoms with Gasteiger partial charge in [-0.25, -0.2) is 0 Å². The molecule has 18 heavy (non-hydrogen) atoms. The number of rotatable bonds is 2. The summed E-state index contributed by atoms with van der Waals surface area (Å²) in [5.41, 5.74) is 2.24. The number of benzene rings is 2. The van der Waals surface area contributed by atoms with Crippen LogP contribution in [0.3, 0.4) is 0 Å². The molecule has 2 N–H and O–H groups in total. The molecule has 1 aliphatic heterocycles. The van der Waals surface area contributed by atoms with E-state index in [2.05, 4.69) is 29.6 Å². The molecule has 3 rings (SSSR count). The zero-order valence-corrected chi connectivity index (χ0v) is 12.5. The van der Waals surface area contributed by atoms with Crippen molar-refractivity contribution in [2.75, 3.05) is 11.9 Å². The van der Waals surface area contributed by atoms with E-state index in [9.17, 15) is 5.11 Å². The number of anilines is 2. The fourth-order valence-electron chi connectivity index (χ4n) is 2.45. The molecule has 2 aromatic carbocycles. The van der Waals surface area contributed by atoms with Crippen LogP contribution in [0.1, 0.15) is 0 Å². The van der Waals surface area contributed by atoms with Crippen molar-refractivity contribution >= 4 is 42.3 Å². The van der Waals surface area contributed by atoms with Crippen LogP contribution in [0, 0.1) is 0 Å². The minimum absolute atomic E-state index is 0.166. The van der Waals surface area contributed by atoms with Gasteiger partial charge in [0.05, 0.1) is 0 Å². The van der Waals surface area contributed by atoms with E-state index in [1.807, 2.05) is 24.3 Å². The van der Waals surface area contributed by atoms with Crippen molar-refractivity contribution in [3.8, 4) is 0 Å². The van der Waals surface area contributed by atoms with Crippen LogP contribution >= 0.6 is 10.4 Å². The van der Waals surface area contributed by atoms with E-state index < -0.39 is 11.9 Å². The van der Waals surface area contributed by atoms with Crippen molar-refractivity contribution in [2.24, 2.45) is 0 Å². The molecule has 0 aliphatic carbocycles. The van der Waals surface area contributed by atoms with Crippen molar-refractivity contribution in [3.05, 3.63) is 48.5 Å². The van der Waals surface area contributed by atoms with Crippen molar-refractivity contribution in [3.63, 3.8) is 0 Å². The van der Waals surface area contributed by atoms with Gasteiger partial charge in [0.1, 0.15) is 0 Å². The Balaban J connectivity index is 2.27. The van der Waals surface area contributed by atoms with Crippen LogP contribution in [0.25, 0.3) is 0 Å². The van der Waals surface area contributed by atoms with Crippen LogP contribution in [0.5, 0.6) is 0 Å². The topological polar surface area (TPSA) is 32.3 Å². The van der Waals surface area contributed by atoms with E-state index in [1.165, 1.54) is 8.70 Å². The maximum atomic E-state index is 9.39. The van der Waals surface area contributed by atoms with Gasteiger partial charge in [0.2, 0.25) is 0 Å². The predicted octanol–water partition coefficient (Wildman–Crippen LogP) is 1.99. The molecule has 0 saturated heterocycles. The third-order valence-electron chi connectivity index (χ3n) is 3.27. The molecule has 0 saturated carbocycles. The molecule has 0 fully saturated rings.